The minimum Gasteiger partial charge on any atom is -0.481 e. The topological polar surface area (TPSA) is 60.9 Å². The molecule has 0 spiro atoms. The van der Waals surface area contributed by atoms with Gasteiger partial charge in [-0.15, -0.1) is 0 Å². The van der Waals surface area contributed by atoms with Gasteiger partial charge in [0.25, 0.3) is 0 Å². The number of amides is 2. The number of hydrogen-bond acceptors (Lipinski definition) is 2. The number of urea groups is 1. The van der Waals surface area contributed by atoms with Gasteiger partial charge in [0.15, 0.2) is 0 Å². The van der Waals surface area contributed by atoms with Gasteiger partial charge in [-0.2, -0.15) is 0 Å². The molecule has 108 valence electrons. The van der Waals surface area contributed by atoms with Gasteiger partial charge in [-0.05, 0) is 44.4 Å². The molecule has 0 bridgehead atoms. The predicted octanol–water partition coefficient (Wildman–Crippen LogP) is 2.02. The Bertz CT molecular complexity index is 324. The van der Waals surface area contributed by atoms with E-state index in [1.54, 1.807) is 4.90 Å². The van der Waals surface area contributed by atoms with Gasteiger partial charge in [-0.25, -0.2) is 4.79 Å². The highest BCUT2D eigenvalue weighted by Crippen LogP contribution is 2.34. The Morgan fingerprint density at radius 1 is 1.05 bits per heavy atom. The molecule has 2 amide bonds. The predicted molar refractivity (Wildman–Crippen MR) is 71.9 cm³/mol. The van der Waals surface area contributed by atoms with E-state index in [9.17, 15) is 9.59 Å². The summed E-state index contributed by atoms with van der Waals surface area (Å²) in [5.41, 5.74) is 0. The average Bonchev–Trinajstić information content (AvgIpc) is 3.23. The van der Waals surface area contributed by atoms with Gasteiger partial charge in [0.1, 0.15) is 0 Å². The van der Waals surface area contributed by atoms with Crippen molar-refractivity contribution in [3.05, 3.63) is 0 Å². The van der Waals surface area contributed by atoms with Crippen molar-refractivity contribution in [2.45, 2.75) is 39.0 Å². The van der Waals surface area contributed by atoms with Crippen molar-refractivity contribution < 1.29 is 14.7 Å². The number of aliphatic carboxylic acids is 1. The number of carbonyl (C=O) groups excluding carboxylic acids is 1. The smallest absolute Gasteiger partial charge is 0.320 e. The van der Waals surface area contributed by atoms with E-state index in [1.807, 2.05) is 11.8 Å². The zero-order valence-corrected chi connectivity index (χ0v) is 11.7. The summed E-state index contributed by atoms with van der Waals surface area (Å²) in [7, 11) is 0. The number of rotatable bonds is 8. The van der Waals surface area contributed by atoms with Crippen molar-refractivity contribution in [2.24, 2.45) is 11.8 Å². The van der Waals surface area contributed by atoms with Crippen molar-refractivity contribution in [2.75, 3.05) is 26.2 Å². The number of nitrogens with zero attached hydrogens (tertiary/aromatic N) is 2. The molecule has 2 saturated carbocycles. The SMILES string of the molecule is CCN(CCC(=O)O)C(=O)N(CC1CC1)CC1CC1. The second-order valence-electron chi connectivity index (χ2n) is 5.80. The molecule has 2 aliphatic carbocycles. The molecule has 1 N–H and O–H groups in total. The zero-order valence-electron chi connectivity index (χ0n) is 11.7. The fraction of sp³-hybridized carbons (Fsp3) is 0.857. The third-order valence-corrected chi connectivity index (χ3v) is 3.87. The first-order valence-corrected chi connectivity index (χ1v) is 7.35. The molecular formula is C14H24N2O3. The molecule has 0 aromatic rings. The quantitative estimate of drug-likeness (QED) is 0.732. The molecular weight excluding hydrogens is 244 g/mol. The Kier molecular flexibility index (Phi) is 4.66. The Hall–Kier alpha value is -1.26. The minimum atomic E-state index is -0.845. The van der Waals surface area contributed by atoms with Crippen molar-refractivity contribution in [3.63, 3.8) is 0 Å². The third-order valence-electron chi connectivity index (χ3n) is 3.87. The number of hydrogen-bond donors (Lipinski definition) is 1. The standard InChI is InChI=1S/C14H24N2O3/c1-2-15(8-7-13(17)18)14(19)16(9-11-3-4-11)10-12-5-6-12/h11-12H,2-10H2,1H3,(H,17,18). The van der Waals surface area contributed by atoms with Gasteiger partial charge in [-0.1, -0.05) is 0 Å². The second kappa shape index (κ2) is 6.26. The first-order valence-electron chi connectivity index (χ1n) is 7.35. The molecule has 0 atom stereocenters. The molecule has 5 nitrogen and oxygen atoms in total. The van der Waals surface area contributed by atoms with E-state index in [2.05, 4.69) is 0 Å². The van der Waals surface area contributed by atoms with E-state index in [1.165, 1.54) is 25.7 Å². The van der Waals surface area contributed by atoms with Crippen LogP contribution in [0.25, 0.3) is 0 Å². The number of carbonyl (C=O) groups is 2. The first kappa shape index (κ1) is 14.2. The molecule has 2 rings (SSSR count). The van der Waals surface area contributed by atoms with Crippen LogP contribution in [0, 0.1) is 11.8 Å². The van der Waals surface area contributed by atoms with Gasteiger partial charge in [-0.3, -0.25) is 4.79 Å². The van der Waals surface area contributed by atoms with Gasteiger partial charge in [0.05, 0.1) is 6.42 Å². The zero-order chi connectivity index (χ0) is 13.8. The van der Waals surface area contributed by atoms with Crippen LogP contribution in [0.5, 0.6) is 0 Å². The molecule has 19 heavy (non-hydrogen) atoms. The van der Waals surface area contributed by atoms with Crippen LogP contribution in [0.3, 0.4) is 0 Å². The second-order valence-corrected chi connectivity index (χ2v) is 5.80. The largest absolute Gasteiger partial charge is 0.481 e. The fourth-order valence-electron chi connectivity index (χ4n) is 2.27. The Morgan fingerprint density at radius 2 is 1.58 bits per heavy atom. The third kappa shape index (κ3) is 4.73. The number of carboxylic acids is 1. The summed E-state index contributed by atoms with van der Waals surface area (Å²) >= 11 is 0. The molecule has 0 aliphatic heterocycles. The molecule has 5 heteroatoms. The molecule has 0 heterocycles. The van der Waals surface area contributed by atoms with Crippen LogP contribution in [0.4, 0.5) is 4.79 Å². The van der Waals surface area contributed by atoms with Gasteiger partial charge in [0, 0.05) is 26.2 Å². The van der Waals surface area contributed by atoms with E-state index in [4.69, 9.17) is 5.11 Å². The average molecular weight is 268 g/mol. The molecule has 2 fully saturated rings. The first-order chi connectivity index (χ1) is 9.10. The van der Waals surface area contributed by atoms with Crippen LogP contribution in [-0.4, -0.2) is 53.1 Å². The molecule has 0 saturated heterocycles. The maximum absolute atomic E-state index is 12.5. The fourth-order valence-corrected chi connectivity index (χ4v) is 2.27. The lowest BCUT2D eigenvalue weighted by molar-refractivity contribution is -0.137. The summed E-state index contributed by atoms with van der Waals surface area (Å²) in [6.45, 7) is 4.53. The summed E-state index contributed by atoms with van der Waals surface area (Å²) in [5, 5.41) is 8.74. The van der Waals surface area contributed by atoms with Crippen LogP contribution in [0.15, 0.2) is 0 Å². The van der Waals surface area contributed by atoms with E-state index in [0.717, 1.165) is 13.1 Å². The molecule has 0 aromatic carbocycles. The van der Waals surface area contributed by atoms with E-state index in [-0.39, 0.29) is 12.5 Å². The van der Waals surface area contributed by atoms with Crippen LogP contribution in [0.2, 0.25) is 0 Å². The Labute approximate surface area is 114 Å². The maximum Gasteiger partial charge on any atom is 0.320 e. The number of carboxylic acid groups (broad SMARTS) is 1. The van der Waals surface area contributed by atoms with Gasteiger partial charge < -0.3 is 14.9 Å². The Morgan fingerprint density at radius 3 is 1.95 bits per heavy atom. The Balaban J connectivity index is 1.87. The van der Waals surface area contributed by atoms with Gasteiger partial charge in [0.2, 0.25) is 0 Å². The van der Waals surface area contributed by atoms with Crippen molar-refractivity contribution in [3.8, 4) is 0 Å². The van der Waals surface area contributed by atoms with Crippen molar-refractivity contribution in [1.29, 1.82) is 0 Å². The normalized spacial score (nSPS) is 18.2. The lowest BCUT2D eigenvalue weighted by Crippen LogP contribution is -2.45. The van der Waals surface area contributed by atoms with Crippen LogP contribution in [-0.2, 0) is 4.79 Å². The molecule has 2 aliphatic rings. The summed E-state index contributed by atoms with van der Waals surface area (Å²) in [5.74, 6) is 0.518. The summed E-state index contributed by atoms with van der Waals surface area (Å²) in [6, 6.07) is 0.0301. The van der Waals surface area contributed by atoms with Crippen LogP contribution in [0.1, 0.15) is 39.0 Å². The van der Waals surface area contributed by atoms with Crippen molar-refractivity contribution in [1.82, 2.24) is 9.80 Å². The lowest BCUT2D eigenvalue weighted by atomic mass is 10.3. The van der Waals surface area contributed by atoms with E-state index in [0.29, 0.717) is 24.9 Å². The van der Waals surface area contributed by atoms with Gasteiger partial charge >= 0.3 is 12.0 Å². The summed E-state index contributed by atoms with van der Waals surface area (Å²) < 4.78 is 0. The molecule has 0 radical (unpaired) electrons. The highest BCUT2D eigenvalue weighted by Gasteiger charge is 2.33. The van der Waals surface area contributed by atoms with Crippen molar-refractivity contribution >= 4 is 12.0 Å². The molecule has 0 unspecified atom stereocenters. The monoisotopic (exact) mass is 268 g/mol. The highest BCUT2D eigenvalue weighted by molar-refractivity contribution is 5.75. The summed E-state index contributed by atoms with van der Waals surface area (Å²) in [4.78, 5) is 26.7. The lowest BCUT2D eigenvalue weighted by Gasteiger charge is -2.30. The minimum absolute atomic E-state index is 0.0281. The van der Waals surface area contributed by atoms with Crippen LogP contribution >= 0.6 is 0 Å². The highest BCUT2D eigenvalue weighted by atomic mass is 16.4. The summed E-state index contributed by atoms with van der Waals surface area (Å²) in [6.07, 6.45) is 4.96. The maximum atomic E-state index is 12.5. The van der Waals surface area contributed by atoms with E-state index >= 15 is 0 Å². The van der Waals surface area contributed by atoms with E-state index < -0.39 is 5.97 Å². The van der Waals surface area contributed by atoms with Crippen LogP contribution < -0.4 is 0 Å². The molecule has 0 aromatic heterocycles.